The number of amides is 1. The lowest BCUT2D eigenvalue weighted by Gasteiger charge is -2.25. The van der Waals surface area contributed by atoms with E-state index in [9.17, 15) is 14.3 Å². The second-order valence-electron chi connectivity index (χ2n) is 5.83. The Balaban J connectivity index is 3.99. The van der Waals surface area contributed by atoms with Crippen molar-refractivity contribution in [2.45, 2.75) is 47.0 Å². The van der Waals surface area contributed by atoms with Crippen LogP contribution in [0.25, 0.3) is 0 Å². The molecular weight excluding hydrogens is 277 g/mol. The van der Waals surface area contributed by atoms with Gasteiger partial charge in [0.2, 0.25) is 5.91 Å². The first-order valence-electron chi connectivity index (χ1n) is 7.00. The Morgan fingerprint density at radius 3 is 2.50 bits per heavy atom. The third-order valence-electron chi connectivity index (χ3n) is 3.10. The number of hydrogen-bond acceptors (Lipinski definition) is 3. The molecule has 5 nitrogen and oxygen atoms in total. The Labute approximate surface area is 122 Å². The van der Waals surface area contributed by atoms with Gasteiger partial charge in [0.25, 0.3) is 0 Å². The van der Waals surface area contributed by atoms with Crippen molar-refractivity contribution in [1.29, 1.82) is 0 Å². The van der Waals surface area contributed by atoms with E-state index in [1.165, 1.54) is 0 Å². The summed E-state index contributed by atoms with van der Waals surface area (Å²) >= 11 is 0. The van der Waals surface area contributed by atoms with Crippen molar-refractivity contribution < 1.29 is 18.8 Å². The Hall–Kier alpha value is -0.640. The van der Waals surface area contributed by atoms with Gasteiger partial charge in [0, 0.05) is 12.1 Å². The molecule has 118 valence electrons. The van der Waals surface area contributed by atoms with Gasteiger partial charge < -0.3 is 14.7 Å². The number of carbonyl (C=O) groups excluding carboxylic acids is 1. The minimum Gasteiger partial charge on any atom is -0.352 e. The van der Waals surface area contributed by atoms with Crippen LogP contribution in [0.1, 0.15) is 47.0 Å². The summed E-state index contributed by atoms with van der Waals surface area (Å²) in [6.07, 6.45) is 2.45. The van der Waals surface area contributed by atoms with E-state index in [0.717, 1.165) is 12.8 Å². The van der Waals surface area contributed by atoms with Crippen molar-refractivity contribution in [2.24, 2.45) is 5.41 Å². The topological polar surface area (TPSA) is 75.6 Å². The van der Waals surface area contributed by atoms with Gasteiger partial charge in [-0.25, -0.2) is 0 Å². The van der Waals surface area contributed by atoms with Gasteiger partial charge in [0.1, 0.15) is 0 Å². The van der Waals surface area contributed by atoms with Crippen molar-refractivity contribution in [3.05, 3.63) is 12.2 Å². The van der Waals surface area contributed by atoms with Crippen molar-refractivity contribution in [3.8, 4) is 0 Å². The molecule has 0 bridgehead atoms. The summed E-state index contributed by atoms with van der Waals surface area (Å²) in [5.41, 5.74) is 0.509. The molecule has 20 heavy (non-hydrogen) atoms. The molecule has 0 radical (unpaired) electrons. The van der Waals surface area contributed by atoms with Crippen LogP contribution in [0.2, 0.25) is 0 Å². The van der Waals surface area contributed by atoms with E-state index in [-0.39, 0.29) is 24.1 Å². The summed E-state index contributed by atoms with van der Waals surface area (Å²) in [5, 5.41) is 2.80. The zero-order valence-electron chi connectivity index (χ0n) is 13.1. The Morgan fingerprint density at radius 2 is 2.00 bits per heavy atom. The molecule has 1 amide bonds. The predicted molar refractivity (Wildman–Crippen MR) is 81.8 cm³/mol. The molecule has 0 heterocycles. The Kier molecular flexibility index (Phi) is 8.33. The average molecular weight is 305 g/mol. The minimum atomic E-state index is -3.41. The molecule has 0 rings (SSSR count). The first kappa shape index (κ1) is 19.4. The third-order valence-corrected chi connectivity index (χ3v) is 4.64. The maximum atomic E-state index is 11.5. The van der Waals surface area contributed by atoms with E-state index in [0.29, 0.717) is 18.5 Å². The van der Waals surface area contributed by atoms with Gasteiger partial charge >= 0.3 is 7.60 Å². The summed E-state index contributed by atoms with van der Waals surface area (Å²) in [6.45, 7) is 12.0. The fourth-order valence-corrected chi connectivity index (χ4v) is 2.90. The first-order chi connectivity index (χ1) is 9.09. The standard InChI is InChI=1S/C14H28NO4P/c1-6-19-20(17,18)11-7-8-14(4,5)9-10-15-13(16)12(2)3/h2,6-11H2,1,3-5H3,(H,15,16)(H,17,18). The van der Waals surface area contributed by atoms with Crippen LogP contribution in [0.4, 0.5) is 0 Å². The van der Waals surface area contributed by atoms with Crippen LogP contribution in [-0.4, -0.2) is 30.1 Å². The second-order valence-corrected chi connectivity index (χ2v) is 7.81. The quantitative estimate of drug-likeness (QED) is 0.480. The van der Waals surface area contributed by atoms with E-state index in [2.05, 4.69) is 25.7 Å². The van der Waals surface area contributed by atoms with Gasteiger partial charge in [-0.05, 0) is 38.5 Å². The average Bonchev–Trinajstić information content (AvgIpc) is 2.27. The zero-order chi connectivity index (χ0) is 15.8. The van der Waals surface area contributed by atoms with E-state index in [1.54, 1.807) is 13.8 Å². The molecule has 0 aliphatic carbocycles. The number of nitrogens with one attached hydrogen (secondary N) is 1. The molecule has 0 saturated heterocycles. The maximum absolute atomic E-state index is 11.5. The van der Waals surface area contributed by atoms with Crippen LogP contribution in [0.3, 0.4) is 0 Å². The fraction of sp³-hybridized carbons (Fsp3) is 0.786. The van der Waals surface area contributed by atoms with Crippen molar-refractivity contribution in [1.82, 2.24) is 5.32 Å². The van der Waals surface area contributed by atoms with Gasteiger partial charge in [-0.1, -0.05) is 20.4 Å². The monoisotopic (exact) mass is 305 g/mol. The smallest absolute Gasteiger partial charge is 0.328 e. The lowest BCUT2D eigenvalue weighted by molar-refractivity contribution is -0.117. The summed E-state index contributed by atoms with van der Waals surface area (Å²) in [4.78, 5) is 20.8. The molecule has 1 atom stereocenters. The zero-order valence-corrected chi connectivity index (χ0v) is 14.0. The van der Waals surface area contributed by atoms with Gasteiger partial charge in [-0.15, -0.1) is 0 Å². The molecule has 0 fully saturated rings. The van der Waals surface area contributed by atoms with E-state index >= 15 is 0 Å². The molecule has 1 unspecified atom stereocenters. The van der Waals surface area contributed by atoms with Crippen LogP contribution in [0.15, 0.2) is 12.2 Å². The van der Waals surface area contributed by atoms with Crippen LogP contribution >= 0.6 is 7.60 Å². The SMILES string of the molecule is C=C(C)C(=O)NCCC(C)(C)CCCP(=O)(O)OCC. The Bertz CT molecular complexity index is 379. The lowest BCUT2D eigenvalue weighted by atomic mass is 9.84. The normalized spacial score (nSPS) is 14.7. The highest BCUT2D eigenvalue weighted by atomic mass is 31.2. The van der Waals surface area contributed by atoms with Crippen molar-refractivity contribution in [3.63, 3.8) is 0 Å². The predicted octanol–water partition coefficient (Wildman–Crippen LogP) is 3.10. The lowest BCUT2D eigenvalue weighted by Crippen LogP contribution is -2.28. The molecule has 6 heteroatoms. The number of hydrogen-bond donors (Lipinski definition) is 2. The number of carbonyl (C=O) groups is 1. The maximum Gasteiger partial charge on any atom is 0.328 e. The molecule has 0 spiro atoms. The Morgan fingerprint density at radius 1 is 1.40 bits per heavy atom. The van der Waals surface area contributed by atoms with Gasteiger partial charge in [-0.3, -0.25) is 9.36 Å². The van der Waals surface area contributed by atoms with Gasteiger partial charge in [0.05, 0.1) is 12.8 Å². The van der Waals surface area contributed by atoms with Crippen LogP contribution in [0.5, 0.6) is 0 Å². The van der Waals surface area contributed by atoms with E-state index in [4.69, 9.17) is 4.52 Å². The third kappa shape index (κ3) is 9.29. The molecule has 0 saturated carbocycles. The molecule has 0 aliphatic rings. The van der Waals surface area contributed by atoms with E-state index in [1.807, 2.05) is 0 Å². The molecule has 2 N–H and O–H groups in total. The van der Waals surface area contributed by atoms with Crippen LogP contribution < -0.4 is 5.32 Å². The second kappa shape index (κ2) is 8.60. The summed E-state index contributed by atoms with van der Waals surface area (Å²) in [5.74, 6) is -0.128. The largest absolute Gasteiger partial charge is 0.352 e. The van der Waals surface area contributed by atoms with Crippen molar-refractivity contribution in [2.75, 3.05) is 19.3 Å². The summed E-state index contributed by atoms with van der Waals surface area (Å²) < 4.78 is 16.4. The van der Waals surface area contributed by atoms with Crippen molar-refractivity contribution >= 4 is 13.5 Å². The highest BCUT2D eigenvalue weighted by Crippen LogP contribution is 2.43. The van der Waals surface area contributed by atoms with Gasteiger partial charge in [-0.2, -0.15) is 0 Å². The molecule has 0 aromatic rings. The fourth-order valence-electron chi connectivity index (χ4n) is 1.81. The molecular formula is C14H28NO4P. The number of rotatable bonds is 10. The highest BCUT2D eigenvalue weighted by molar-refractivity contribution is 7.52. The van der Waals surface area contributed by atoms with E-state index < -0.39 is 7.60 Å². The first-order valence-corrected chi connectivity index (χ1v) is 8.76. The summed E-state index contributed by atoms with van der Waals surface area (Å²) in [7, 11) is -3.41. The van der Waals surface area contributed by atoms with Crippen LogP contribution in [0, 0.1) is 5.41 Å². The van der Waals surface area contributed by atoms with Gasteiger partial charge in [0.15, 0.2) is 0 Å². The summed E-state index contributed by atoms with van der Waals surface area (Å²) in [6, 6.07) is 0. The van der Waals surface area contributed by atoms with Crippen LogP contribution in [-0.2, 0) is 13.9 Å². The molecule has 0 aromatic carbocycles. The molecule has 0 aliphatic heterocycles. The molecule has 0 aromatic heterocycles. The highest BCUT2D eigenvalue weighted by Gasteiger charge is 2.22. The minimum absolute atomic E-state index is 0.00850.